The maximum atomic E-state index is 15.0. The van der Waals surface area contributed by atoms with Gasteiger partial charge in [0.1, 0.15) is 17.5 Å². The lowest BCUT2D eigenvalue weighted by molar-refractivity contribution is 0.0691. The third-order valence-corrected chi connectivity index (χ3v) is 8.44. The van der Waals surface area contributed by atoms with E-state index in [-0.39, 0.29) is 11.3 Å². The van der Waals surface area contributed by atoms with E-state index < -0.39 is 23.4 Å². The van der Waals surface area contributed by atoms with Gasteiger partial charge < -0.3 is 5.11 Å². The molecular formula is C30H23F3N4O2S2. The fraction of sp³-hybridized carbons (Fsp3) is 0.167. The van der Waals surface area contributed by atoms with Crippen molar-refractivity contribution in [3.8, 4) is 27.5 Å². The topological polar surface area (TPSA) is 94.0 Å². The Labute approximate surface area is 241 Å². The van der Waals surface area contributed by atoms with Gasteiger partial charge in [-0.1, -0.05) is 18.2 Å². The fourth-order valence-corrected chi connectivity index (χ4v) is 5.92. The average Bonchev–Trinajstić information content (AvgIpc) is 3.51. The number of nitrogens with two attached hydrogens (primary N) is 1. The minimum atomic E-state index is -1.14. The van der Waals surface area contributed by atoms with Crippen LogP contribution in [-0.2, 0) is 12.8 Å². The van der Waals surface area contributed by atoms with Crippen molar-refractivity contribution in [1.29, 1.82) is 0 Å². The lowest BCUT2D eigenvalue weighted by atomic mass is 9.95. The van der Waals surface area contributed by atoms with E-state index in [1.807, 2.05) is 0 Å². The number of thiazole rings is 1. The quantitative estimate of drug-likeness (QED) is 0.175. The number of carboxylic acids is 1. The van der Waals surface area contributed by atoms with Crippen molar-refractivity contribution in [3.63, 3.8) is 0 Å². The zero-order valence-corrected chi connectivity index (χ0v) is 23.1. The van der Waals surface area contributed by atoms with Gasteiger partial charge in [0, 0.05) is 28.5 Å². The molecule has 0 atom stereocenters. The molecule has 0 saturated heterocycles. The van der Waals surface area contributed by atoms with Crippen molar-refractivity contribution < 1.29 is 23.1 Å². The number of aromatic carboxylic acids is 1. The minimum absolute atomic E-state index is 0.0897. The summed E-state index contributed by atoms with van der Waals surface area (Å²) in [5, 5.41) is 21.8. The molecule has 1 aliphatic carbocycles. The van der Waals surface area contributed by atoms with Crippen LogP contribution < -0.4 is 5.14 Å². The molecule has 2 aromatic heterocycles. The Balaban J connectivity index is 1.54. The highest BCUT2D eigenvalue weighted by molar-refractivity contribution is 7.97. The van der Waals surface area contributed by atoms with Gasteiger partial charge in [-0.15, -0.1) is 11.3 Å². The number of benzene rings is 3. The predicted octanol–water partition coefficient (Wildman–Crippen LogP) is 7.29. The molecule has 11 heteroatoms. The Morgan fingerprint density at radius 2 is 1.88 bits per heavy atom. The molecule has 0 spiro atoms. The maximum Gasteiger partial charge on any atom is 0.355 e. The van der Waals surface area contributed by atoms with E-state index in [2.05, 4.69) is 4.98 Å². The van der Waals surface area contributed by atoms with E-state index >= 15 is 4.39 Å². The molecule has 6 nitrogen and oxygen atoms in total. The van der Waals surface area contributed by atoms with Gasteiger partial charge in [-0.25, -0.2) is 27.6 Å². The summed E-state index contributed by atoms with van der Waals surface area (Å²) in [5.41, 5.74) is 3.94. The molecule has 0 unspecified atom stereocenters. The van der Waals surface area contributed by atoms with Crippen molar-refractivity contribution in [1.82, 2.24) is 14.8 Å². The minimum Gasteiger partial charge on any atom is -0.476 e. The molecule has 0 aliphatic heterocycles. The number of nitrogens with zero attached hydrogens (tertiary/aromatic N) is 3. The summed E-state index contributed by atoms with van der Waals surface area (Å²) < 4.78 is 45.4. The van der Waals surface area contributed by atoms with Gasteiger partial charge in [0.2, 0.25) is 5.13 Å². The average molecular weight is 593 g/mol. The van der Waals surface area contributed by atoms with Crippen LogP contribution in [0, 0.1) is 23.4 Å². The number of carboxylic acid groups (broad SMARTS) is 1. The second kappa shape index (κ2) is 11.2. The van der Waals surface area contributed by atoms with Crippen LogP contribution in [0.3, 0.4) is 0 Å². The molecule has 208 valence electrons. The summed E-state index contributed by atoms with van der Waals surface area (Å²) >= 11 is 1.99. The van der Waals surface area contributed by atoms with Gasteiger partial charge in [-0.05, 0) is 90.7 Å². The predicted molar refractivity (Wildman–Crippen MR) is 153 cm³/mol. The Hall–Kier alpha value is -3.93. The third kappa shape index (κ3) is 5.65. The first kappa shape index (κ1) is 27.3. The van der Waals surface area contributed by atoms with E-state index in [9.17, 15) is 18.7 Å². The van der Waals surface area contributed by atoms with Gasteiger partial charge in [-0.2, -0.15) is 5.10 Å². The Bertz CT molecular complexity index is 1780. The highest BCUT2D eigenvalue weighted by atomic mass is 32.2. The van der Waals surface area contributed by atoms with E-state index in [0.29, 0.717) is 51.2 Å². The van der Waals surface area contributed by atoms with Crippen LogP contribution in [0.25, 0.3) is 27.5 Å². The molecule has 0 bridgehead atoms. The van der Waals surface area contributed by atoms with Crippen LogP contribution in [0.5, 0.6) is 0 Å². The summed E-state index contributed by atoms with van der Waals surface area (Å²) in [6.45, 7) is 0. The number of hydrogen-bond acceptors (Lipinski definition) is 6. The highest BCUT2D eigenvalue weighted by Gasteiger charge is 2.29. The zero-order valence-electron chi connectivity index (χ0n) is 21.5. The molecule has 6 rings (SSSR count). The van der Waals surface area contributed by atoms with Crippen LogP contribution in [0.4, 0.5) is 13.2 Å². The molecule has 41 heavy (non-hydrogen) atoms. The second-order valence-electron chi connectivity index (χ2n) is 9.92. The fourth-order valence-electron chi connectivity index (χ4n) is 4.83. The summed E-state index contributed by atoms with van der Waals surface area (Å²) in [6.07, 6.45) is 3.08. The zero-order chi connectivity index (χ0) is 28.7. The van der Waals surface area contributed by atoms with Gasteiger partial charge in [0.25, 0.3) is 0 Å². The van der Waals surface area contributed by atoms with Crippen LogP contribution in [0.2, 0.25) is 0 Å². The first-order valence-electron chi connectivity index (χ1n) is 12.8. The molecule has 0 amide bonds. The van der Waals surface area contributed by atoms with Crippen molar-refractivity contribution in [2.75, 3.05) is 0 Å². The highest BCUT2D eigenvalue weighted by Crippen LogP contribution is 2.39. The Morgan fingerprint density at radius 1 is 1.05 bits per heavy atom. The lowest BCUT2D eigenvalue weighted by Crippen LogP contribution is -2.06. The molecule has 1 aliphatic rings. The van der Waals surface area contributed by atoms with Gasteiger partial charge in [0.15, 0.2) is 5.69 Å². The first-order chi connectivity index (χ1) is 19.8. The summed E-state index contributed by atoms with van der Waals surface area (Å²) in [5.74, 6) is -2.14. The number of aromatic nitrogens is 3. The van der Waals surface area contributed by atoms with Crippen LogP contribution in [0.15, 0.2) is 70.9 Å². The standard InChI is InChI=1S/C30H23F3N4O2S2/c31-20-3-1-2-18(13-20)21-14-19(7-8-23(21)32)28-22(10-17-6-9-27(41-34)24(33)11-17)26(12-16-4-5-16)37(36-28)30-35-25(15-40-30)29(38)39/h1-3,6-9,11,13-16H,4-5,10,12,34H2,(H,38,39). The molecule has 3 aromatic carbocycles. The summed E-state index contributed by atoms with van der Waals surface area (Å²) in [7, 11) is 0. The van der Waals surface area contributed by atoms with E-state index in [1.54, 1.807) is 35.0 Å². The number of carbonyl (C=O) groups is 1. The van der Waals surface area contributed by atoms with Gasteiger partial charge in [-0.3, -0.25) is 5.14 Å². The van der Waals surface area contributed by atoms with Crippen molar-refractivity contribution in [3.05, 3.63) is 106 Å². The summed E-state index contributed by atoms with van der Waals surface area (Å²) in [4.78, 5) is 16.2. The molecule has 2 heterocycles. The molecule has 5 aromatic rings. The van der Waals surface area contributed by atoms with Crippen LogP contribution >= 0.6 is 23.3 Å². The van der Waals surface area contributed by atoms with Gasteiger partial charge >= 0.3 is 5.97 Å². The van der Waals surface area contributed by atoms with Crippen molar-refractivity contribution >= 4 is 29.3 Å². The van der Waals surface area contributed by atoms with Crippen molar-refractivity contribution in [2.45, 2.75) is 30.6 Å². The summed E-state index contributed by atoms with van der Waals surface area (Å²) in [6, 6.07) is 15.1. The second-order valence-corrected chi connectivity index (χ2v) is 11.4. The number of rotatable bonds is 9. The largest absolute Gasteiger partial charge is 0.476 e. The molecule has 1 saturated carbocycles. The smallest absolute Gasteiger partial charge is 0.355 e. The Kier molecular flexibility index (Phi) is 7.41. The Morgan fingerprint density at radius 3 is 2.56 bits per heavy atom. The third-order valence-electron chi connectivity index (χ3n) is 7.04. The van der Waals surface area contributed by atoms with E-state index in [1.165, 1.54) is 35.7 Å². The molecule has 1 fully saturated rings. The molecule has 3 N–H and O–H groups in total. The molecule has 0 radical (unpaired) electrons. The number of halogens is 3. The SMILES string of the molecule is NSc1ccc(Cc2c(-c3ccc(F)c(-c4cccc(F)c4)c3)nn(-c3nc(C(=O)O)cs3)c2CC2CC2)cc1F. The lowest BCUT2D eigenvalue weighted by Gasteiger charge is -2.11. The van der Waals surface area contributed by atoms with Crippen LogP contribution in [0.1, 0.15) is 40.2 Å². The normalized spacial score (nSPS) is 13.1. The van der Waals surface area contributed by atoms with Crippen molar-refractivity contribution in [2.24, 2.45) is 11.1 Å². The monoisotopic (exact) mass is 592 g/mol. The van der Waals surface area contributed by atoms with E-state index in [0.717, 1.165) is 47.4 Å². The molecular weight excluding hydrogens is 569 g/mol. The van der Waals surface area contributed by atoms with E-state index in [4.69, 9.17) is 10.2 Å². The van der Waals surface area contributed by atoms with Gasteiger partial charge in [0.05, 0.1) is 16.3 Å². The first-order valence-corrected chi connectivity index (χ1v) is 14.6. The number of hydrogen-bond donors (Lipinski definition) is 2. The maximum absolute atomic E-state index is 15.0. The van der Waals surface area contributed by atoms with Crippen LogP contribution in [-0.4, -0.2) is 25.8 Å².